The highest BCUT2D eigenvalue weighted by molar-refractivity contribution is 5.87. The number of carbonyl (C=O) groups is 1. The zero-order chi connectivity index (χ0) is 22.4. The summed E-state index contributed by atoms with van der Waals surface area (Å²) in [5.74, 6) is 1.13. The predicted molar refractivity (Wildman–Crippen MR) is 102 cm³/mol. The van der Waals surface area contributed by atoms with Crippen LogP contribution >= 0.6 is 0 Å². The molecule has 5 N–H and O–H groups in total. The van der Waals surface area contributed by atoms with Crippen molar-refractivity contribution in [2.45, 2.75) is 24.5 Å². The van der Waals surface area contributed by atoms with Crippen molar-refractivity contribution < 1.29 is 24.9 Å². The minimum atomic E-state index is -1.19. The van der Waals surface area contributed by atoms with Crippen LogP contribution in [-0.2, 0) is 4.74 Å². The van der Waals surface area contributed by atoms with Crippen LogP contribution in [0.4, 0.5) is 16.4 Å². The number of aliphatic hydroxyl groups is 3. The number of nitrogen functional groups attached to an aromatic ring is 1. The zero-order valence-electron chi connectivity index (χ0n) is 16.0. The number of carbonyl (C=O) groups excluding carboxylic acids is 1. The first-order valence-electron chi connectivity index (χ1n) is 9.20. The Labute approximate surface area is 177 Å². The molecule has 4 atom stereocenters. The lowest BCUT2D eigenvalue weighted by Crippen LogP contribution is -2.33. The quantitative estimate of drug-likeness (QED) is 0.290. The maximum Gasteiger partial charge on any atom is 0.373 e. The van der Waals surface area contributed by atoms with E-state index in [-0.39, 0.29) is 5.82 Å². The second-order valence-electron chi connectivity index (χ2n) is 6.81. The van der Waals surface area contributed by atoms with Crippen molar-refractivity contribution in [2.24, 2.45) is 10.2 Å². The maximum absolute atomic E-state index is 11.1. The standard InChI is InChI=1S/C10H13N5O4.C6H2N6O/c11-8-5-9(13-2-12-8)15(3-14-5)10-7(18)6(17)4(1-16)19-10;13-6-11-10-5-3-1-8-9-4(3)7-2-12(5)6/h2-4,6-7,10,16-18H,1H2,(H2,11,12,13);1-2H/t4-,6-,7-,10-;/m1./s1. The first kappa shape index (κ1) is 19.9. The molecule has 2 aromatic rings. The van der Waals surface area contributed by atoms with E-state index in [4.69, 9.17) is 15.6 Å². The summed E-state index contributed by atoms with van der Waals surface area (Å²) in [6.07, 6.45) is 1.42. The van der Waals surface area contributed by atoms with Gasteiger partial charge in [0.05, 0.1) is 24.7 Å². The van der Waals surface area contributed by atoms with Crippen molar-refractivity contribution in [1.82, 2.24) is 39.3 Å². The van der Waals surface area contributed by atoms with Gasteiger partial charge in [-0.1, -0.05) is 5.11 Å². The van der Waals surface area contributed by atoms with E-state index in [9.17, 15) is 15.0 Å². The fourth-order valence-corrected chi connectivity index (χ4v) is 3.35. The highest BCUT2D eigenvalue weighted by Gasteiger charge is 2.44. The molecule has 2 aromatic heterocycles. The smallest absolute Gasteiger partial charge is 0.373 e. The molecule has 0 bridgehead atoms. The van der Waals surface area contributed by atoms with E-state index < -0.39 is 37.2 Å². The number of amides is 1. The van der Waals surface area contributed by atoms with E-state index in [1.54, 1.807) is 0 Å². The van der Waals surface area contributed by atoms with E-state index in [1.165, 1.54) is 34.3 Å². The van der Waals surface area contributed by atoms with Gasteiger partial charge in [-0.2, -0.15) is 5.10 Å². The third kappa shape index (κ3) is 3.05. The van der Waals surface area contributed by atoms with Crippen LogP contribution in [0.15, 0.2) is 35.4 Å². The van der Waals surface area contributed by atoms with Crippen molar-refractivity contribution in [1.29, 1.82) is 0 Å². The Kier molecular flexibility index (Phi) is 4.74. The zero-order valence-corrected chi connectivity index (χ0v) is 16.0. The van der Waals surface area contributed by atoms with Gasteiger partial charge in [-0.25, -0.2) is 29.3 Å². The number of hydrogen-bond donors (Lipinski definition) is 4. The molecule has 1 amide bonds. The Morgan fingerprint density at radius 3 is 2.72 bits per heavy atom. The number of imidazole rings is 1. The Bertz CT molecular complexity index is 1300. The van der Waals surface area contributed by atoms with Gasteiger partial charge in [0.25, 0.3) is 0 Å². The van der Waals surface area contributed by atoms with Crippen molar-refractivity contribution in [3.05, 3.63) is 25.2 Å². The number of nitrogens with two attached hydrogens (primary N) is 1. The van der Waals surface area contributed by atoms with Crippen LogP contribution in [0, 0.1) is 0 Å². The van der Waals surface area contributed by atoms with Gasteiger partial charge in [-0.15, -0.1) is 10.2 Å². The molecule has 0 aliphatic carbocycles. The van der Waals surface area contributed by atoms with Crippen LogP contribution in [0.2, 0.25) is 0 Å². The van der Waals surface area contributed by atoms with Gasteiger partial charge in [0.15, 0.2) is 29.3 Å². The molecular formula is C16H15N11O5. The molecule has 0 spiro atoms. The third-order valence-corrected chi connectivity index (χ3v) is 4.96. The van der Waals surface area contributed by atoms with Crippen LogP contribution in [0.1, 0.15) is 6.23 Å². The molecule has 0 unspecified atom stereocenters. The summed E-state index contributed by atoms with van der Waals surface area (Å²) in [5.41, 5.74) is 7.08. The number of rotatable bonds is 2. The molecule has 4 aliphatic heterocycles. The monoisotopic (exact) mass is 441 g/mol. The van der Waals surface area contributed by atoms with Crippen molar-refractivity contribution in [3.8, 4) is 11.4 Å². The molecule has 1 saturated heterocycles. The number of ether oxygens (including phenoxy) is 1. The number of aliphatic hydroxyl groups excluding tert-OH is 3. The van der Waals surface area contributed by atoms with Gasteiger partial charge in [0.1, 0.15) is 36.5 Å². The van der Waals surface area contributed by atoms with Gasteiger partial charge in [0.2, 0.25) is 0 Å². The van der Waals surface area contributed by atoms with Gasteiger partial charge in [-0.05, 0) is 0 Å². The lowest BCUT2D eigenvalue weighted by molar-refractivity contribution is -0.0511. The minimum absolute atomic E-state index is 0.218. The van der Waals surface area contributed by atoms with Crippen LogP contribution < -0.4 is 5.73 Å². The summed E-state index contributed by atoms with van der Waals surface area (Å²) in [4.78, 5) is 26.9. The summed E-state index contributed by atoms with van der Waals surface area (Å²) < 4.78 is 8.11. The Hall–Kier alpha value is -3.99. The van der Waals surface area contributed by atoms with Crippen LogP contribution in [0.25, 0.3) is 22.6 Å². The molecule has 16 heteroatoms. The van der Waals surface area contributed by atoms with Crippen LogP contribution in [-0.4, -0.2) is 85.5 Å². The maximum atomic E-state index is 11.1. The number of hydrogen-bond acceptors (Lipinski definition) is 13. The Morgan fingerprint density at radius 1 is 1.09 bits per heavy atom. The van der Waals surface area contributed by atoms with Crippen molar-refractivity contribution in [3.63, 3.8) is 0 Å². The third-order valence-electron chi connectivity index (χ3n) is 4.96. The molecule has 32 heavy (non-hydrogen) atoms. The molecule has 16 nitrogen and oxygen atoms in total. The number of anilines is 1. The summed E-state index contributed by atoms with van der Waals surface area (Å²) in [6, 6.07) is -0.439. The highest BCUT2D eigenvalue weighted by Crippen LogP contribution is 2.32. The fraction of sp³-hybridized carbons (Fsp3) is 0.312. The summed E-state index contributed by atoms with van der Waals surface area (Å²) in [5, 5.41) is 43.2. The fourth-order valence-electron chi connectivity index (χ4n) is 3.35. The number of azo groups is 1. The van der Waals surface area contributed by atoms with E-state index >= 15 is 0 Å². The summed E-state index contributed by atoms with van der Waals surface area (Å²) >= 11 is 0. The molecule has 0 saturated carbocycles. The lowest BCUT2D eigenvalue weighted by Gasteiger charge is -2.16. The molecule has 1 fully saturated rings. The van der Waals surface area contributed by atoms with Crippen LogP contribution in [0.3, 0.4) is 0 Å². The Balaban J connectivity index is 0.000000144. The molecular weight excluding hydrogens is 426 g/mol. The molecule has 6 heterocycles. The van der Waals surface area contributed by atoms with E-state index in [1.807, 2.05) is 0 Å². The van der Waals surface area contributed by atoms with Gasteiger partial charge >= 0.3 is 6.03 Å². The van der Waals surface area contributed by atoms with E-state index in [0.29, 0.717) is 28.4 Å². The Morgan fingerprint density at radius 2 is 1.94 bits per heavy atom. The van der Waals surface area contributed by atoms with Gasteiger partial charge < -0.3 is 25.8 Å². The van der Waals surface area contributed by atoms with Gasteiger partial charge in [0, 0.05) is 0 Å². The summed E-state index contributed by atoms with van der Waals surface area (Å²) in [7, 11) is 0. The lowest BCUT2D eigenvalue weighted by atomic mass is 10.1. The van der Waals surface area contributed by atoms with Crippen molar-refractivity contribution >= 4 is 28.8 Å². The second-order valence-corrected chi connectivity index (χ2v) is 6.81. The van der Waals surface area contributed by atoms with E-state index in [2.05, 4.69) is 40.4 Å². The highest BCUT2D eigenvalue weighted by atomic mass is 16.6. The molecule has 0 radical (unpaired) electrons. The SMILES string of the molecule is Nc1ncnc2c1ncn2[C@@H]1O[C@H](CO)[C@@H](O)[C@H]1O.O=C1N=Nc2c3cnnc-3ncn21. The van der Waals surface area contributed by atoms with Gasteiger partial charge in [-0.3, -0.25) is 4.57 Å². The average Bonchev–Trinajstić information content (AvgIpc) is 3.56. The topological polar surface area (TPSA) is 225 Å². The average molecular weight is 441 g/mol. The predicted octanol–water partition coefficient (Wildman–Crippen LogP) is -1.14. The summed E-state index contributed by atoms with van der Waals surface area (Å²) in [6.45, 7) is -0.390. The number of fused-ring (bicyclic) bond motifs is 4. The number of aromatic nitrogens is 8. The minimum Gasteiger partial charge on any atom is -0.394 e. The molecule has 164 valence electrons. The molecule has 4 aliphatic rings. The first-order chi connectivity index (χ1) is 15.5. The number of nitrogens with zero attached hydrogens (tertiary/aromatic N) is 10. The normalized spacial score (nSPS) is 24.2. The first-order valence-corrected chi connectivity index (χ1v) is 9.20. The second kappa shape index (κ2) is 7.61. The van der Waals surface area contributed by atoms with Crippen LogP contribution in [0.5, 0.6) is 0 Å². The molecule has 0 aromatic carbocycles. The van der Waals surface area contributed by atoms with E-state index in [0.717, 1.165) is 0 Å². The molecule has 6 rings (SSSR count). The van der Waals surface area contributed by atoms with Crippen molar-refractivity contribution in [2.75, 3.05) is 12.3 Å². The largest absolute Gasteiger partial charge is 0.394 e.